The second-order valence-electron chi connectivity index (χ2n) is 7.22. The number of aliphatic hydroxyl groups is 2. The summed E-state index contributed by atoms with van der Waals surface area (Å²) in [5.41, 5.74) is 0.00670. The van der Waals surface area contributed by atoms with Gasteiger partial charge in [0, 0.05) is 26.2 Å². The summed E-state index contributed by atoms with van der Waals surface area (Å²) < 4.78 is 5.29. The minimum atomic E-state index is -1.13. The second kappa shape index (κ2) is 9.00. The summed E-state index contributed by atoms with van der Waals surface area (Å²) in [4.78, 5) is 27.5. The number of ether oxygens (including phenoxy) is 1. The number of rotatable bonds is 6. The topological polar surface area (TPSA) is 90.3 Å². The van der Waals surface area contributed by atoms with Gasteiger partial charge in [-0.25, -0.2) is 4.79 Å². The van der Waals surface area contributed by atoms with E-state index in [-0.39, 0.29) is 18.9 Å². The van der Waals surface area contributed by atoms with Gasteiger partial charge in [-0.3, -0.25) is 4.79 Å². The maximum absolute atomic E-state index is 12.3. The number of hydrogen-bond donors (Lipinski definition) is 2. The van der Waals surface area contributed by atoms with Gasteiger partial charge in [0.25, 0.3) is 5.91 Å². The molecule has 0 saturated carbocycles. The van der Waals surface area contributed by atoms with Crippen molar-refractivity contribution in [1.82, 2.24) is 9.80 Å². The Hall–Kier alpha value is -2.12. The highest BCUT2D eigenvalue weighted by Crippen LogP contribution is 2.15. The first-order chi connectivity index (χ1) is 12.3. The molecule has 2 rings (SSSR count). The molecule has 144 valence electrons. The fraction of sp³-hybridized carbons (Fsp3) is 0.579. The van der Waals surface area contributed by atoms with Crippen LogP contribution in [-0.4, -0.2) is 69.9 Å². The van der Waals surface area contributed by atoms with Crippen LogP contribution in [0.3, 0.4) is 0 Å². The minimum absolute atomic E-state index is 0.210. The van der Waals surface area contributed by atoms with Crippen LogP contribution < -0.4 is 0 Å². The van der Waals surface area contributed by atoms with E-state index in [1.165, 1.54) is 0 Å². The molecule has 7 nitrogen and oxygen atoms in total. The third-order valence-corrected chi connectivity index (χ3v) is 4.37. The van der Waals surface area contributed by atoms with Crippen LogP contribution in [0.1, 0.15) is 32.3 Å². The lowest BCUT2D eigenvalue weighted by Gasteiger charge is -2.35. The molecule has 0 spiro atoms. The first-order valence-electron chi connectivity index (χ1n) is 8.91. The molecule has 1 atom stereocenters. The van der Waals surface area contributed by atoms with E-state index in [1.54, 1.807) is 23.6 Å². The monoisotopic (exact) mass is 364 g/mol. The molecule has 1 fully saturated rings. The van der Waals surface area contributed by atoms with Crippen molar-refractivity contribution in [2.24, 2.45) is 0 Å². The number of aliphatic hydroxyl groups excluding tert-OH is 1. The van der Waals surface area contributed by atoms with Crippen molar-refractivity contribution < 1.29 is 24.5 Å². The van der Waals surface area contributed by atoms with E-state index in [4.69, 9.17) is 4.74 Å². The van der Waals surface area contributed by atoms with Crippen LogP contribution >= 0.6 is 0 Å². The van der Waals surface area contributed by atoms with Crippen molar-refractivity contribution in [1.29, 1.82) is 0 Å². The zero-order valence-electron chi connectivity index (χ0n) is 15.4. The number of benzene rings is 1. The standard InChI is InChI=1S/C19H28N2O5/c1-19(2,25)9-8-16(22)17(23)20-10-12-21(13-11-20)18(24)26-14-15-6-4-3-5-7-15/h3-7,16,22,25H,8-14H2,1-2H3/t16-/m1/s1. The van der Waals surface area contributed by atoms with Crippen molar-refractivity contribution in [2.45, 2.75) is 45.0 Å². The number of carbonyl (C=O) groups excluding carboxylic acids is 2. The average Bonchev–Trinajstić information content (AvgIpc) is 2.64. The summed E-state index contributed by atoms with van der Waals surface area (Å²) in [6, 6.07) is 9.45. The van der Waals surface area contributed by atoms with Crippen LogP contribution in [0.5, 0.6) is 0 Å². The summed E-state index contributed by atoms with van der Waals surface area (Å²) >= 11 is 0. The van der Waals surface area contributed by atoms with Crippen molar-refractivity contribution >= 4 is 12.0 Å². The van der Waals surface area contributed by atoms with Gasteiger partial charge in [0.05, 0.1) is 5.60 Å². The Labute approximate surface area is 154 Å². The Morgan fingerprint density at radius 1 is 1.12 bits per heavy atom. The molecule has 2 N–H and O–H groups in total. The van der Waals surface area contributed by atoms with Gasteiger partial charge < -0.3 is 24.7 Å². The quantitative estimate of drug-likeness (QED) is 0.796. The molecular formula is C19H28N2O5. The smallest absolute Gasteiger partial charge is 0.410 e. The predicted octanol–water partition coefficient (Wildman–Crippen LogP) is 1.38. The fourth-order valence-electron chi connectivity index (χ4n) is 2.74. The zero-order chi connectivity index (χ0) is 19.2. The van der Waals surface area contributed by atoms with Gasteiger partial charge in [-0.05, 0) is 32.3 Å². The maximum atomic E-state index is 12.3. The van der Waals surface area contributed by atoms with Crippen molar-refractivity contribution in [3.05, 3.63) is 35.9 Å². The molecular weight excluding hydrogens is 336 g/mol. The Balaban J connectivity index is 1.73. The van der Waals surface area contributed by atoms with Crippen molar-refractivity contribution in [2.75, 3.05) is 26.2 Å². The van der Waals surface area contributed by atoms with E-state index >= 15 is 0 Å². The zero-order valence-corrected chi connectivity index (χ0v) is 15.4. The molecule has 0 bridgehead atoms. The van der Waals surface area contributed by atoms with E-state index in [1.807, 2.05) is 30.3 Å². The third-order valence-electron chi connectivity index (χ3n) is 4.37. The Morgan fingerprint density at radius 3 is 2.27 bits per heavy atom. The lowest BCUT2D eigenvalue weighted by molar-refractivity contribution is -0.142. The fourth-order valence-corrected chi connectivity index (χ4v) is 2.74. The van der Waals surface area contributed by atoms with Gasteiger partial charge in [-0.2, -0.15) is 0 Å². The molecule has 1 heterocycles. The summed E-state index contributed by atoms with van der Waals surface area (Å²) in [7, 11) is 0. The molecule has 0 aliphatic carbocycles. The van der Waals surface area contributed by atoms with Crippen molar-refractivity contribution in [3.8, 4) is 0 Å². The summed E-state index contributed by atoms with van der Waals surface area (Å²) in [6.45, 7) is 4.97. The molecule has 2 amide bonds. The third kappa shape index (κ3) is 6.31. The van der Waals surface area contributed by atoms with Crippen LogP contribution in [0.25, 0.3) is 0 Å². The molecule has 0 aromatic heterocycles. The van der Waals surface area contributed by atoms with Gasteiger partial charge in [-0.15, -0.1) is 0 Å². The minimum Gasteiger partial charge on any atom is -0.445 e. The first-order valence-corrected chi connectivity index (χ1v) is 8.91. The Bertz CT molecular complexity index is 592. The normalized spacial score (nSPS) is 16.3. The van der Waals surface area contributed by atoms with E-state index in [0.717, 1.165) is 5.56 Å². The van der Waals surface area contributed by atoms with E-state index in [2.05, 4.69) is 0 Å². The van der Waals surface area contributed by atoms with Crippen LogP contribution in [0.2, 0.25) is 0 Å². The largest absolute Gasteiger partial charge is 0.445 e. The molecule has 0 unspecified atom stereocenters. The first kappa shape index (κ1) is 20.2. The molecule has 0 radical (unpaired) electrons. The van der Waals surface area contributed by atoms with Crippen LogP contribution in [0.15, 0.2) is 30.3 Å². The number of carbonyl (C=O) groups is 2. The lowest BCUT2D eigenvalue weighted by Crippen LogP contribution is -2.53. The Morgan fingerprint density at radius 2 is 1.69 bits per heavy atom. The average molecular weight is 364 g/mol. The SMILES string of the molecule is CC(C)(O)CC[C@@H](O)C(=O)N1CCN(C(=O)OCc2ccccc2)CC1. The van der Waals surface area contributed by atoms with Gasteiger partial charge >= 0.3 is 6.09 Å². The summed E-state index contributed by atoms with van der Waals surface area (Å²) in [6.07, 6.45) is -0.977. The van der Waals surface area contributed by atoms with Gasteiger partial charge in [0.1, 0.15) is 12.7 Å². The van der Waals surface area contributed by atoms with Crippen molar-refractivity contribution in [3.63, 3.8) is 0 Å². The lowest BCUT2D eigenvalue weighted by atomic mass is 10.00. The molecule has 1 aromatic carbocycles. The predicted molar refractivity (Wildman–Crippen MR) is 96.3 cm³/mol. The number of amides is 2. The highest BCUT2D eigenvalue weighted by Gasteiger charge is 2.29. The van der Waals surface area contributed by atoms with Crippen LogP contribution in [0.4, 0.5) is 4.79 Å². The van der Waals surface area contributed by atoms with E-state index < -0.39 is 17.8 Å². The van der Waals surface area contributed by atoms with Crippen LogP contribution in [0, 0.1) is 0 Å². The molecule has 7 heteroatoms. The molecule has 1 aromatic rings. The summed E-state index contributed by atoms with van der Waals surface area (Å²) in [5, 5.41) is 19.7. The highest BCUT2D eigenvalue weighted by atomic mass is 16.6. The number of hydrogen-bond acceptors (Lipinski definition) is 5. The van der Waals surface area contributed by atoms with Gasteiger partial charge in [0.15, 0.2) is 0 Å². The van der Waals surface area contributed by atoms with Gasteiger partial charge in [-0.1, -0.05) is 30.3 Å². The maximum Gasteiger partial charge on any atom is 0.410 e. The molecule has 1 aliphatic heterocycles. The van der Waals surface area contributed by atoms with E-state index in [0.29, 0.717) is 32.6 Å². The highest BCUT2D eigenvalue weighted by molar-refractivity contribution is 5.81. The summed E-state index contributed by atoms with van der Waals surface area (Å²) in [5.74, 6) is -0.355. The molecule has 26 heavy (non-hydrogen) atoms. The number of nitrogens with zero attached hydrogens (tertiary/aromatic N) is 2. The second-order valence-corrected chi connectivity index (χ2v) is 7.22. The van der Waals surface area contributed by atoms with E-state index in [9.17, 15) is 19.8 Å². The van der Waals surface area contributed by atoms with Crippen LogP contribution in [-0.2, 0) is 16.1 Å². The molecule has 1 saturated heterocycles. The van der Waals surface area contributed by atoms with Gasteiger partial charge in [0.2, 0.25) is 0 Å². The number of piperazine rings is 1. The molecule has 1 aliphatic rings. The Kier molecular flexibility index (Phi) is 6.99.